The molecule has 0 aliphatic heterocycles. The third-order valence-electron chi connectivity index (χ3n) is 1.85. The molecule has 0 aliphatic rings. The Kier molecular flexibility index (Phi) is 3.56. The average molecular weight is 302 g/mol. The summed E-state index contributed by atoms with van der Waals surface area (Å²) in [6, 6.07) is 5.63. The van der Waals surface area contributed by atoms with E-state index in [4.69, 9.17) is 0 Å². The average Bonchev–Trinajstić information content (AvgIpc) is 2.27. The summed E-state index contributed by atoms with van der Waals surface area (Å²) in [5.41, 5.74) is 0. The molecule has 0 bridgehead atoms. The topological polar surface area (TPSA) is 12.9 Å². The zero-order valence-electron chi connectivity index (χ0n) is 7.95. The fourth-order valence-electron chi connectivity index (χ4n) is 1.11. The van der Waals surface area contributed by atoms with Gasteiger partial charge in [0.25, 0.3) is 0 Å². The summed E-state index contributed by atoms with van der Waals surface area (Å²) in [4.78, 5) is 5.47. The molecule has 5 heteroatoms. The molecule has 2 aromatic rings. The number of benzene rings is 1. The minimum atomic E-state index is -0.838. The summed E-state index contributed by atoms with van der Waals surface area (Å²) < 4.78 is 26.5. The molecule has 0 unspecified atom stereocenters. The van der Waals surface area contributed by atoms with Crippen LogP contribution < -0.4 is 0 Å². The van der Waals surface area contributed by atoms with Crippen LogP contribution in [0, 0.1) is 11.6 Å². The molecule has 0 amide bonds. The van der Waals surface area contributed by atoms with Crippen molar-refractivity contribution in [3.05, 3.63) is 52.8 Å². The first-order valence-electron chi connectivity index (χ1n) is 4.39. The molecule has 0 saturated heterocycles. The fraction of sp³-hybridized carbons (Fsp3) is 0. The molecule has 1 aromatic heterocycles. The van der Waals surface area contributed by atoms with Gasteiger partial charge in [0.1, 0.15) is 0 Å². The van der Waals surface area contributed by atoms with Gasteiger partial charge in [0, 0.05) is 26.7 Å². The van der Waals surface area contributed by atoms with E-state index >= 15 is 0 Å². The Morgan fingerprint density at radius 3 is 2.62 bits per heavy atom. The van der Waals surface area contributed by atoms with Gasteiger partial charge in [0.05, 0.1) is 0 Å². The highest BCUT2D eigenvalue weighted by Crippen LogP contribution is 2.33. The first-order valence-corrected chi connectivity index (χ1v) is 6.00. The van der Waals surface area contributed by atoms with Crippen molar-refractivity contribution in [3.8, 4) is 0 Å². The van der Waals surface area contributed by atoms with Gasteiger partial charge in [0.15, 0.2) is 11.6 Å². The summed E-state index contributed by atoms with van der Waals surface area (Å²) in [6.45, 7) is 0. The zero-order valence-corrected chi connectivity index (χ0v) is 10.4. The monoisotopic (exact) mass is 301 g/mol. The molecule has 1 heterocycles. The predicted octanol–water partition coefficient (Wildman–Crippen LogP) is 4.27. The molecule has 1 nitrogen and oxygen atoms in total. The van der Waals surface area contributed by atoms with Crippen molar-refractivity contribution >= 4 is 27.7 Å². The Labute approximate surface area is 104 Å². The molecule has 16 heavy (non-hydrogen) atoms. The predicted molar refractivity (Wildman–Crippen MR) is 62.4 cm³/mol. The summed E-state index contributed by atoms with van der Waals surface area (Å²) in [7, 11) is 0. The van der Waals surface area contributed by atoms with Gasteiger partial charge < -0.3 is 0 Å². The van der Waals surface area contributed by atoms with E-state index in [9.17, 15) is 8.78 Å². The smallest absolute Gasteiger partial charge is 0.159 e. The number of hydrogen-bond acceptors (Lipinski definition) is 2. The van der Waals surface area contributed by atoms with Crippen LogP contribution in [0.2, 0.25) is 0 Å². The molecule has 0 saturated carbocycles. The van der Waals surface area contributed by atoms with E-state index < -0.39 is 11.6 Å². The molecule has 1 aromatic carbocycles. The van der Waals surface area contributed by atoms with Crippen LogP contribution in [0.15, 0.2) is 50.9 Å². The van der Waals surface area contributed by atoms with E-state index in [1.165, 1.54) is 23.9 Å². The minimum Gasteiger partial charge on any atom is -0.263 e. The number of hydrogen-bond donors (Lipinski definition) is 0. The van der Waals surface area contributed by atoms with Crippen LogP contribution in [-0.2, 0) is 0 Å². The van der Waals surface area contributed by atoms with E-state index in [0.717, 1.165) is 15.4 Å². The van der Waals surface area contributed by atoms with Crippen molar-refractivity contribution in [3.63, 3.8) is 0 Å². The quantitative estimate of drug-likeness (QED) is 0.821. The van der Waals surface area contributed by atoms with Crippen molar-refractivity contribution in [1.29, 1.82) is 0 Å². The van der Waals surface area contributed by atoms with Crippen molar-refractivity contribution in [2.45, 2.75) is 9.79 Å². The van der Waals surface area contributed by atoms with Crippen LogP contribution in [-0.4, -0.2) is 4.98 Å². The highest BCUT2D eigenvalue weighted by molar-refractivity contribution is 9.10. The van der Waals surface area contributed by atoms with Crippen LogP contribution in [0.5, 0.6) is 0 Å². The molecule has 82 valence electrons. The standard InChI is InChI=1S/C11H6BrF2NS/c12-8-6-15-4-3-11(8)16-7-1-2-9(13)10(14)5-7/h1-6H. The molecule has 2 rings (SSSR count). The lowest BCUT2D eigenvalue weighted by atomic mass is 10.3. The molecule has 0 radical (unpaired) electrons. The summed E-state index contributed by atoms with van der Waals surface area (Å²) in [5.74, 6) is -1.67. The summed E-state index contributed by atoms with van der Waals surface area (Å²) >= 11 is 4.68. The van der Waals surface area contributed by atoms with E-state index in [1.807, 2.05) is 0 Å². The number of aromatic nitrogens is 1. The number of halogens is 3. The molecular weight excluding hydrogens is 296 g/mol. The maximum Gasteiger partial charge on any atom is 0.159 e. The van der Waals surface area contributed by atoms with Crippen LogP contribution in [0.1, 0.15) is 0 Å². The van der Waals surface area contributed by atoms with E-state index in [0.29, 0.717) is 4.90 Å². The molecule has 0 atom stereocenters. The Balaban J connectivity index is 2.28. The Morgan fingerprint density at radius 2 is 1.94 bits per heavy atom. The Bertz CT molecular complexity index is 519. The van der Waals surface area contributed by atoms with E-state index in [2.05, 4.69) is 20.9 Å². The van der Waals surface area contributed by atoms with Crippen molar-refractivity contribution < 1.29 is 8.78 Å². The summed E-state index contributed by atoms with van der Waals surface area (Å²) in [6.07, 6.45) is 3.30. The molecule has 0 fully saturated rings. The van der Waals surface area contributed by atoms with Crippen LogP contribution in [0.25, 0.3) is 0 Å². The van der Waals surface area contributed by atoms with Crippen LogP contribution >= 0.6 is 27.7 Å². The number of nitrogens with zero attached hydrogens (tertiary/aromatic N) is 1. The first kappa shape index (κ1) is 11.5. The third-order valence-corrected chi connectivity index (χ3v) is 3.81. The van der Waals surface area contributed by atoms with Crippen LogP contribution in [0.3, 0.4) is 0 Å². The normalized spacial score (nSPS) is 10.4. The first-order chi connectivity index (χ1) is 7.66. The second-order valence-corrected chi connectivity index (χ2v) is 4.95. The SMILES string of the molecule is Fc1ccc(Sc2ccncc2Br)cc1F. The van der Waals surface area contributed by atoms with E-state index in [1.54, 1.807) is 18.5 Å². The van der Waals surface area contributed by atoms with Crippen molar-refractivity contribution in [2.24, 2.45) is 0 Å². The lowest BCUT2D eigenvalue weighted by molar-refractivity contribution is 0.506. The van der Waals surface area contributed by atoms with Gasteiger partial charge in [-0.15, -0.1) is 0 Å². The van der Waals surface area contributed by atoms with Gasteiger partial charge in [-0.2, -0.15) is 0 Å². The minimum absolute atomic E-state index is 0.644. The highest BCUT2D eigenvalue weighted by atomic mass is 79.9. The van der Waals surface area contributed by atoms with Gasteiger partial charge in [0.2, 0.25) is 0 Å². The van der Waals surface area contributed by atoms with Crippen LogP contribution in [0.4, 0.5) is 8.78 Å². The highest BCUT2D eigenvalue weighted by Gasteiger charge is 2.05. The maximum atomic E-state index is 13.0. The largest absolute Gasteiger partial charge is 0.263 e. The molecule has 0 aliphatic carbocycles. The fourth-order valence-corrected chi connectivity index (χ4v) is 2.44. The molecular formula is C11H6BrF2NS. The molecule has 0 N–H and O–H groups in total. The van der Waals surface area contributed by atoms with Gasteiger partial charge in [-0.3, -0.25) is 4.98 Å². The maximum absolute atomic E-state index is 13.0. The number of pyridine rings is 1. The van der Waals surface area contributed by atoms with E-state index in [-0.39, 0.29) is 0 Å². The Morgan fingerprint density at radius 1 is 1.12 bits per heavy atom. The second kappa shape index (κ2) is 4.93. The molecule has 0 spiro atoms. The zero-order chi connectivity index (χ0) is 11.5. The Hall–Kier alpha value is -0.940. The summed E-state index contributed by atoms with van der Waals surface area (Å²) in [5, 5.41) is 0. The lowest BCUT2D eigenvalue weighted by Crippen LogP contribution is -1.84. The van der Waals surface area contributed by atoms with Crippen molar-refractivity contribution in [1.82, 2.24) is 4.98 Å². The van der Waals surface area contributed by atoms with Crippen molar-refractivity contribution in [2.75, 3.05) is 0 Å². The second-order valence-electron chi connectivity index (χ2n) is 2.98. The van der Waals surface area contributed by atoms with Gasteiger partial charge in [-0.05, 0) is 40.2 Å². The van der Waals surface area contributed by atoms with Gasteiger partial charge in [-0.25, -0.2) is 8.78 Å². The third kappa shape index (κ3) is 2.59. The lowest BCUT2D eigenvalue weighted by Gasteiger charge is -2.03. The van der Waals surface area contributed by atoms with Gasteiger partial charge in [-0.1, -0.05) is 11.8 Å². The van der Waals surface area contributed by atoms with Gasteiger partial charge >= 0.3 is 0 Å². The number of rotatable bonds is 2.